The third-order valence-electron chi connectivity index (χ3n) is 4.39. The Labute approximate surface area is 180 Å². The first-order valence-electron chi connectivity index (χ1n) is 9.21. The van der Waals surface area contributed by atoms with Crippen molar-refractivity contribution in [2.75, 3.05) is 29.1 Å². The predicted octanol–water partition coefficient (Wildman–Crippen LogP) is 3.94. The summed E-state index contributed by atoms with van der Waals surface area (Å²) in [7, 11) is -0.897. The number of hydrogen-bond acceptors (Lipinski definition) is 5. The highest BCUT2D eigenvalue weighted by molar-refractivity contribution is 7.92. The van der Waals surface area contributed by atoms with E-state index in [1.807, 2.05) is 0 Å². The highest BCUT2D eigenvalue weighted by Crippen LogP contribution is 2.20. The van der Waals surface area contributed by atoms with Gasteiger partial charge in [0.25, 0.3) is 15.9 Å². The Bertz CT molecular complexity index is 1180. The summed E-state index contributed by atoms with van der Waals surface area (Å²) in [5, 5.41) is 2.74. The maximum Gasteiger partial charge on any atom is 0.413 e. The van der Waals surface area contributed by atoms with Crippen LogP contribution in [0.2, 0.25) is 0 Å². The molecule has 0 heterocycles. The molecular weight excluding hydrogens is 418 g/mol. The molecule has 31 heavy (non-hydrogen) atoms. The molecule has 3 rings (SSSR count). The van der Waals surface area contributed by atoms with Crippen LogP contribution in [0, 0.1) is 0 Å². The molecule has 0 spiro atoms. The lowest BCUT2D eigenvalue weighted by Gasteiger charge is -2.16. The second-order valence-corrected chi connectivity index (χ2v) is 8.21. The van der Waals surface area contributed by atoms with E-state index < -0.39 is 22.0 Å². The van der Waals surface area contributed by atoms with Crippen molar-refractivity contribution in [3.05, 3.63) is 84.4 Å². The molecule has 3 aromatic carbocycles. The normalized spacial score (nSPS) is 10.8. The lowest BCUT2D eigenvalue weighted by Crippen LogP contribution is -2.25. The molecule has 0 fully saturated rings. The van der Waals surface area contributed by atoms with E-state index in [2.05, 4.69) is 14.8 Å². The number of amides is 2. The number of nitrogens with zero attached hydrogens (tertiary/aromatic N) is 1. The highest BCUT2D eigenvalue weighted by atomic mass is 32.2. The molecule has 9 heteroatoms. The molecule has 8 nitrogen and oxygen atoms in total. The molecule has 0 saturated carbocycles. The van der Waals surface area contributed by atoms with Crippen LogP contribution in [0.1, 0.15) is 10.4 Å². The molecule has 160 valence electrons. The first-order valence-corrected chi connectivity index (χ1v) is 10.7. The van der Waals surface area contributed by atoms with E-state index in [0.29, 0.717) is 11.4 Å². The highest BCUT2D eigenvalue weighted by Gasteiger charge is 2.15. The molecule has 0 radical (unpaired) electrons. The van der Waals surface area contributed by atoms with Crippen LogP contribution in [0.25, 0.3) is 0 Å². The molecule has 0 aliphatic carbocycles. The number of nitrogens with one attached hydrogen (secondary N) is 2. The Kier molecular flexibility index (Phi) is 6.56. The average Bonchev–Trinajstić information content (AvgIpc) is 2.79. The van der Waals surface area contributed by atoms with Crippen molar-refractivity contribution in [1.29, 1.82) is 0 Å². The van der Waals surface area contributed by atoms with Gasteiger partial charge in [-0.05, 0) is 54.6 Å². The molecule has 0 aromatic heterocycles. The Hall–Kier alpha value is -3.85. The monoisotopic (exact) mass is 439 g/mol. The standard InChI is InChI=1S/C22H21N3O5S/c1-25(22(27)30-2)19-13-11-17(12-14-19)23-21(26)16-7-6-8-18(15-16)24-31(28,29)20-9-4-3-5-10-20/h3-15,24H,1-2H3,(H,23,26). The Balaban J connectivity index is 1.71. The van der Waals surface area contributed by atoms with Crippen LogP contribution in [-0.2, 0) is 14.8 Å². The number of hydrogen-bond donors (Lipinski definition) is 2. The zero-order chi connectivity index (χ0) is 22.4. The number of ether oxygens (including phenoxy) is 1. The van der Waals surface area contributed by atoms with Gasteiger partial charge >= 0.3 is 6.09 Å². The summed E-state index contributed by atoms with van der Waals surface area (Å²) in [6.07, 6.45) is -0.508. The molecule has 0 bridgehead atoms. The number of rotatable bonds is 6. The topological polar surface area (TPSA) is 105 Å². The van der Waals surface area contributed by atoms with Gasteiger partial charge in [0.05, 0.1) is 12.0 Å². The number of benzene rings is 3. The third-order valence-corrected chi connectivity index (χ3v) is 5.79. The summed E-state index contributed by atoms with van der Waals surface area (Å²) in [4.78, 5) is 25.6. The Morgan fingerprint density at radius 2 is 1.55 bits per heavy atom. The quantitative estimate of drug-likeness (QED) is 0.605. The van der Waals surface area contributed by atoms with Gasteiger partial charge < -0.3 is 10.1 Å². The van der Waals surface area contributed by atoms with Gasteiger partial charge in [-0.1, -0.05) is 24.3 Å². The summed E-state index contributed by atoms with van der Waals surface area (Å²) < 4.78 is 32.1. The largest absolute Gasteiger partial charge is 0.452 e. The van der Waals surface area contributed by atoms with E-state index in [0.717, 1.165) is 0 Å². The Morgan fingerprint density at radius 1 is 0.871 bits per heavy atom. The van der Waals surface area contributed by atoms with Crippen molar-refractivity contribution >= 4 is 39.1 Å². The molecule has 3 aromatic rings. The van der Waals surface area contributed by atoms with Gasteiger partial charge in [0.1, 0.15) is 0 Å². The number of sulfonamides is 1. The molecular formula is C22H21N3O5S. The van der Waals surface area contributed by atoms with Crippen molar-refractivity contribution in [2.45, 2.75) is 4.90 Å². The second-order valence-electron chi connectivity index (χ2n) is 6.53. The smallest absolute Gasteiger partial charge is 0.413 e. The van der Waals surface area contributed by atoms with Gasteiger partial charge in [0, 0.05) is 29.7 Å². The molecule has 2 amide bonds. The van der Waals surface area contributed by atoms with Crippen LogP contribution in [0.4, 0.5) is 21.9 Å². The van der Waals surface area contributed by atoms with Crippen LogP contribution in [0.5, 0.6) is 0 Å². The minimum absolute atomic E-state index is 0.127. The molecule has 0 aliphatic heterocycles. The van der Waals surface area contributed by atoms with Gasteiger partial charge in [0.15, 0.2) is 0 Å². The van der Waals surface area contributed by atoms with Gasteiger partial charge in [-0.3, -0.25) is 14.4 Å². The molecule has 2 N–H and O–H groups in total. The van der Waals surface area contributed by atoms with Gasteiger partial charge in [0.2, 0.25) is 0 Å². The van der Waals surface area contributed by atoms with E-state index in [1.165, 1.54) is 30.2 Å². The SMILES string of the molecule is COC(=O)N(C)c1ccc(NC(=O)c2cccc(NS(=O)(=O)c3ccccc3)c2)cc1. The second kappa shape index (κ2) is 9.31. The average molecular weight is 439 g/mol. The summed E-state index contributed by atoms with van der Waals surface area (Å²) in [5.41, 5.74) is 1.67. The maximum absolute atomic E-state index is 12.6. The van der Waals surface area contributed by atoms with Crippen LogP contribution in [0.3, 0.4) is 0 Å². The van der Waals surface area contributed by atoms with E-state index in [4.69, 9.17) is 0 Å². The van der Waals surface area contributed by atoms with Gasteiger partial charge in [-0.25, -0.2) is 13.2 Å². The molecule has 0 atom stereocenters. The minimum Gasteiger partial charge on any atom is -0.452 e. The fourth-order valence-corrected chi connectivity index (χ4v) is 3.82. The van der Waals surface area contributed by atoms with E-state index in [9.17, 15) is 18.0 Å². The maximum atomic E-state index is 12.6. The van der Waals surface area contributed by atoms with Crippen molar-refractivity contribution in [1.82, 2.24) is 0 Å². The van der Waals surface area contributed by atoms with Crippen molar-refractivity contribution < 1.29 is 22.7 Å². The van der Waals surface area contributed by atoms with E-state index in [1.54, 1.807) is 67.7 Å². The first-order chi connectivity index (χ1) is 14.8. The molecule has 0 aliphatic rings. The minimum atomic E-state index is -3.76. The van der Waals surface area contributed by atoms with Crippen LogP contribution in [0.15, 0.2) is 83.8 Å². The summed E-state index contributed by atoms with van der Waals surface area (Å²) in [6, 6.07) is 20.8. The summed E-state index contributed by atoms with van der Waals surface area (Å²) in [5.74, 6) is -0.408. The number of anilines is 3. The van der Waals surface area contributed by atoms with Crippen LogP contribution < -0.4 is 14.9 Å². The van der Waals surface area contributed by atoms with Gasteiger partial charge in [-0.2, -0.15) is 0 Å². The van der Waals surface area contributed by atoms with Crippen LogP contribution >= 0.6 is 0 Å². The predicted molar refractivity (Wildman–Crippen MR) is 119 cm³/mol. The lowest BCUT2D eigenvalue weighted by atomic mass is 10.2. The van der Waals surface area contributed by atoms with Crippen molar-refractivity contribution in [3.8, 4) is 0 Å². The zero-order valence-electron chi connectivity index (χ0n) is 16.9. The molecule has 0 unspecified atom stereocenters. The third kappa shape index (κ3) is 5.40. The van der Waals surface area contributed by atoms with Crippen molar-refractivity contribution in [2.24, 2.45) is 0 Å². The lowest BCUT2D eigenvalue weighted by molar-refractivity contribution is 0.102. The fourth-order valence-electron chi connectivity index (χ4n) is 2.75. The van der Waals surface area contributed by atoms with Gasteiger partial charge in [-0.15, -0.1) is 0 Å². The fraction of sp³-hybridized carbons (Fsp3) is 0.0909. The number of methoxy groups -OCH3 is 1. The molecule has 0 saturated heterocycles. The zero-order valence-corrected chi connectivity index (χ0v) is 17.7. The summed E-state index contributed by atoms with van der Waals surface area (Å²) >= 11 is 0. The van der Waals surface area contributed by atoms with Crippen LogP contribution in [-0.4, -0.2) is 34.6 Å². The number of carbonyl (C=O) groups excluding carboxylic acids is 2. The Morgan fingerprint density at radius 3 is 2.19 bits per heavy atom. The van der Waals surface area contributed by atoms with Crippen molar-refractivity contribution in [3.63, 3.8) is 0 Å². The van der Waals surface area contributed by atoms with E-state index >= 15 is 0 Å². The van der Waals surface area contributed by atoms with E-state index in [-0.39, 0.29) is 16.1 Å². The first kappa shape index (κ1) is 21.8. The number of carbonyl (C=O) groups is 2. The summed E-state index contributed by atoms with van der Waals surface area (Å²) in [6.45, 7) is 0.